The second-order valence-corrected chi connectivity index (χ2v) is 11.1. The SMILES string of the molecule is CC(=O)O[C@H]1CC[C@@]2(C)[C@H](CC[C@@H]3[C@@H]2CC[C@]2(C)[C@@](O)(CC[N+](=O)[O-])CC[C@]32O)C1. The van der Waals surface area contributed by atoms with Crippen LogP contribution in [0.3, 0.4) is 0 Å². The van der Waals surface area contributed by atoms with Gasteiger partial charge in [-0.15, -0.1) is 0 Å². The van der Waals surface area contributed by atoms with E-state index in [1.165, 1.54) is 6.92 Å². The quantitative estimate of drug-likeness (QED) is 0.407. The summed E-state index contributed by atoms with van der Waals surface area (Å²) in [4.78, 5) is 22.0. The molecule has 7 nitrogen and oxygen atoms in total. The Bertz CT molecular complexity index is 728. The predicted molar refractivity (Wildman–Crippen MR) is 110 cm³/mol. The monoisotopic (exact) mass is 423 g/mol. The summed E-state index contributed by atoms with van der Waals surface area (Å²) in [6.07, 6.45) is 7.41. The van der Waals surface area contributed by atoms with Gasteiger partial charge in [-0.2, -0.15) is 0 Å². The van der Waals surface area contributed by atoms with E-state index in [1.54, 1.807) is 0 Å². The Kier molecular flexibility index (Phi) is 5.25. The first kappa shape index (κ1) is 22.0. The Labute approximate surface area is 178 Å². The molecule has 0 aromatic rings. The van der Waals surface area contributed by atoms with Crippen molar-refractivity contribution < 1.29 is 24.7 Å². The number of hydrogen-bond donors (Lipinski definition) is 2. The lowest BCUT2D eigenvalue weighted by molar-refractivity contribution is -0.485. The maximum atomic E-state index is 12.0. The molecule has 0 saturated heterocycles. The van der Waals surface area contributed by atoms with Gasteiger partial charge in [0.05, 0.1) is 11.2 Å². The third-order valence-corrected chi connectivity index (χ3v) is 10.2. The minimum absolute atomic E-state index is 0.00719. The normalized spacial score (nSPS) is 50.2. The van der Waals surface area contributed by atoms with Gasteiger partial charge in [-0.05, 0) is 81.0 Å². The summed E-state index contributed by atoms with van der Waals surface area (Å²) in [5, 5.41) is 34.5. The van der Waals surface area contributed by atoms with Crippen molar-refractivity contribution in [2.75, 3.05) is 6.54 Å². The van der Waals surface area contributed by atoms with Gasteiger partial charge in [-0.1, -0.05) is 13.8 Å². The minimum Gasteiger partial charge on any atom is -0.463 e. The summed E-state index contributed by atoms with van der Waals surface area (Å²) in [6.45, 7) is 5.55. The van der Waals surface area contributed by atoms with E-state index in [-0.39, 0.29) is 41.3 Å². The zero-order valence-corrected chi connectivity index (χ0v) is 18.6. The van der Waals surface area contributed by atoms with E-state index < -0.39 is 16.6 Å². The smallest absolute Gasteiger partial charge is 0.302 e. The topological polar surface area (TPSA) is 110 Å². The highest BCUT2D eigenvalue weighted by atomic mass is 16.6. The number of esters is 1. The van der Waals surface area contributed by atoms with Crippen molar-refractivity contribution in [3.63, 3.8) is 0 Å². The predicted octanol–water partition coefficient (Wildman–Crippen LogP) is 3.47. The molecule has 0 spiro atoms. The number of aliphatic hydroxyl groups is 2. The van der Waals surface area contributed by atoms with Crippen molar-refractivity contribution in [1.82, 2.24) is 0 Å². The summed E-state index contributed by atoms with van der Waals surface area (Å²) >= 11 is 0. The fraction of sp³-hybridized carbons (Fsp3) is 0.957. The van der Waals surface area contributed by atoms with Crippen LogP contribution < -0.4 is 0 Å². The fourth-order valence-corrected chi connectivity index (χ4v) is 8.32. The number of nitro groups is 1. The van der Waals surface area contributed by atoms with Crippen molar-refractivity contribution in [2.24, 2.45) is 28.6 Å². The lowest BCUT2D eigenvalue weighted by Gasteiger charge is -2.64. The van der Waals surface area contributed by atoms with Crippen LogP contribution in [-0.4, -0.2) is 45.0 Å². The highest BCUT2D eigenvalue weighted by Gasteiger charge is 2.71. The van der Waals surface area contributed by atoms with E-state index in [2.05, 4.69) is 6.92 Å². The second kappa shape index (κ2) is 7.16. The fourth-order valence-electron chi connectivity index (χ4n) is 8.32. The maximum Gasteiger partial charge on any atom is 0.302 e. The van der Waals surface area contributed by atoms with Gasteiger partial charge in [0.15, 0.2) is 0 Å². The molecule has 7 heteroatoms. The minimum atomic E-state index is -1.18. The van der Waals surface area contributed by atoms with Crippen LogP contribution in [0.15, 0.2) is 0 Å². The van der Waals surface area contributed by atoms with Crippen molar-refractivity contribution in [2.45, 2.75) is 102 Å². The molecule has 170 valence electrons. The molecule has 0 aromatic carbocycles. The molecular formula is C23H37NO6. The van der Waals surface area contributed by atoms with E-state index in [1.807, 2.05) is 6.92 Å². The lowest BCUT2D eigenvalue weighted by Crippen LogP contribution is -2.65. The zero-order valence-electron chi connectivity index (χ0n) is 18.6. The van der Waals surface area contributed by atoms with Crippen LogP contribution in [0, 0.1) is 38.7 Å². The zero-order chi connectivity index (χ0) is 21.9. The van der Waals surface area contributed by atoms with Crippen LogP contribution in [0.4, 0.5) is 0 Å². The highest BCUT2D eigenvalue weighted by Crippen LogP contribution is 2.70. The molecule has 4 rings (SSSR count). The van der Waals surface area contributed by atoms with Crippen molar-refractivity contribution in [3.8, 4) is 0 Å². The number of fused-ring (bicyclic) bond motifs is 5. The Morgan fingerprint density at radius 3 is 2.47 bits per heavy atom. The largest absolute Gasteiger partial charge is 0.463 e. The lowest BCUT2D eigenvalue weighted by atomic mass is 9.43. The van der Waals surface area contributed by atoms with E-state index >= 15 is 0 Å². The molecule has 4 aliphatic rings. The van der Waals surface area contributed by atoms with Crippen LogP contribution in [0.25, 0.3) is 0 Å². The Hall–Kier alpha value is -1.21. The number of rotatable bonds is 4. The van der Waals surface area contributed by atoms with Gasteiger partial charge >= 0.3 is 5.97 Å². The van der Waals surface area contributed by atoms with Gasteiger partial charge in [-0.3, -0.25) is 14.9 Å². The summed E-state index contributed by atoms with van der Waals surface area (Å²) in [5.41, 5.74) is -2.74. The first-order valence-electron chi connectivity index (χ1n) is 11.7. The Balaban J connectivity index is 1.57. The van der Waals surface area contributed by atoms with Gasteiger partial charge in [0.1, 0.15) is 6.10 Å². The average molecular weight is 424 g/mol. The summed E-state index contributed by atoms with van der Waals surface area (Å²) in [7, 11) is 0. The van der Waals surface area contributed by atoms with Crippen LogP contribution in [-0.2, 0) is 9.53 Å². The van der Waals surface area contributed by atoms with Crippen molar-refractivity contribution in [1.29, 1.82) is 0 Å². The second-order valence-electron chi connectivity index (χ2n) is 11.1. The van der Waals surface area contributed by atoms with Crippen LogP contribution in [0.2, 0.25) is 0 Å². The molecule has 4 saturated carbocycles. The van der Waals surface area contributed by atoms with Crippen molar-refractivity contribution in [3.05, 3.63) is 10.1 Å². The highest BCUT2D eigenvalue weighted by molar-refractivity contribution is 5.66. The molecular weight excluding hydrogens is 386 g/mol. The Morgan fingerprint density at radius 1 is 1.07 bits per heavy atom. The molecule has 4 aliphatic carbocycles. The molecule has 0 unspecified atom stereocenters. The van der Waals surface area contributed by atoms with Gasteiger partial charge in [0.25, 0.3) is 0 Å². The Morgan fingerprint density at radius 2 is 1.80 bits per heavy atom. The first-order valence-corrected chi connectivity index (χ1v) is 11.7. The molecule has 0 heterocycles. The van der Waals surface area contributed by atoms with E-state index in [0.29, 0.717) is 31.1 Å². The molecule has 0 radical (unpaired) electrons. The molecule has 0 amide bonds. The molecule has 8 atom stereocenters. The van der Waals surface area contributed by atoms with E-state index in [9.17, 15) is 25.1 Å². The van der Waals surface area contributed by atoms with Crippen LogP contribution in [0.5, 0.6) is 0 Å². The third-order valence-electron chi connectivity index (χ3n) is 10.2. The summed E-state index contributed by atoms with van der Waals surface area (Å²) in [6, 6.07) is 0. The van der Waals surface area contributed by atoms with Gasteiger partial charge in [0.2, 0.25) is 6.54 Å². The van der Waals surface area contributed by atoms with Crippen LogP contribution in [0.1, 0.15) is 85.0 Å². The number of carbonyl (C=O) groups excluding carboxylic acids is 1. The number of carbonyl (C=O) groups is 1. The molecule has 4 fully saturated rings. The van der Waals surface area contributed by atoms with Crippen LogP contribution >= 0.6 is 0 Å². The molecule has 30 heavy (non-hydrogen) atoms. The molecule has 0 aromatic heterocycles. The summed E-state index contributed by atoms with van der Waals surface area (Å²) in [5.74, 6) is 0.775. The molecule has 2 N–H and O–H groups in total. The number of ether oxygens (including phenoxy) is 1. The number of hydrogen-bond acceptors (Lipinski definition) is 6. The van der Waals surface area contributed by atoms with Gasteiger partial charge in [0, 0.05) is 23.7 Å². The van der Waals surface area contributed by atoms with E-state index in [4.69, 9.17) is 4.74 Å². The molecule has 0 bridgehead atoms. The van der Waals surface area contributed by atoms with Gasteiger partial charge in [-0.25, -0.2) is 0 Å². The maximum absolute atomic E-state index is 12.0. The van der Waals surface area contributed by atoms with E-state index in [0.717, 1.165) is 38.5 Å². The summed E-state index contributed by atoms with van der Waals surface area (Å²) < 4.78 is 5.52. The third kappa shape index (κ3) is 3.02. The molecule has 0 aliphatic heterocycles. The standard InChI is InChI=1S/C23H37NO6/c1-15(25)30-17-6-8-20(2)16(14-17)4-5-19-18(20)7-9-21(3)22(26,12-13-24(28)29)10-11-23(19,21)27/h16-19,26-27H,4-14H2,1-3H3/t16-,17+,18+,19-,20+,21-,22+,23+/m1/s1. The average Bonchev–Trinajstić information content (AvgIpc) is 2.88. The van der Waals surface area contributed by atoms with Crippen molar-refractivity contribution >= 4 is 5.97 Å². The first-order chi connectivity index (χ1) is 14.0. The van der Waals surface area contributed by atoms with Gasteiger partial charge < -0.3 is 14.9 Å². The number of nitrogens with zero attached hydrogens (tertiary/aromatic N) is 1.